The number of carbonyl (C=O) groups excluding carboxylic acids is 1. The van der Waals surface area contributed by atoms with Crippen LogP contribution >= 0.6 is 0 Å². The molecule has 2 atom stereocenters. The molecule has 1 aromatic rings. The number of benzene rings is 1. The zero-order chi connectivity index (χ0) is 14.4. The Morgan fingerprint density at radius 1 is 1.50 bits per heavy atom. The van der Waals surface area contributed by atoms with E-state index < -0.39 is 18.4 Å². The molecule has 1 aliphatic rings. The molecule has 1 amide bonds. The lowest BCUT2D eigenvalue weighted by atomic mass is 10.2. The van der Waals surface area contributed by atoms with Crippen LogP contribution in [0.4, 0.5) is 9.18 Å². The van der Waals surface area contributed by atoms with Crippen LogP contribution in [-0.4, -0.2) is 29.9 Å². The van der Waals surface area contributed by atoms with Crippen molar-refractivity contribution in [2.24, 2.45) is 5.11 Å². The summed E-state index contributed by atoms with van der Waals surface area (Å²) in [5.41, 5.74) is 9.19. The maximum absolute atomic E-state index is 13.2. The van der Waals surface area contributed by atoms with Gasteiger partial charge in [-0.3, -0.25) is 9.79 Å². The van der Waals surface area contributed by atoms with Crippen molar-refractivity contribution in [3.05, 3.63) is 46.3 Å². The van der Waals surface area contributed by atoms with E-state index in [-0.39, 0.29) is 19.6 Å². The van der Waals surface area contributed by atoms with Gasteiger partial charge in [-0.2, -0.15) is 4.89 Å². The highest BCUT2D eigenvalue weighted by Crippen LogP contribution is 2.22. The van der Waals surface area contributed by atoms with E-state index in [0.717, 1.165) is 10.5 Å². The van der Waals surface area contributed by atoms with E-state index in [9.17, 15) is 9.18 Å². The van der Waals surface area contributed by atoms with Gasteiger partial charge >= 0.3 is 6.09 Å². The molecular formula is C12H13FN4O3. The molecule has 1 aromatic carbocycles. The van der Waals surface area contributed by atoms with E-state index in [4.69, 9.17) is 10.4 Å². The number of hydrogen-bond donors (Lipinski definition) is 0. The van der Waals surface area contributed by atoms with Crippen molar-refractivity contribution in [1.82, 2.24) is 4.90 Å². The predicted octanol–water partition coefficient (Wildman–Crippen LogP) is 2.94. The van der Waals surface area contributed by atoms with Crippen LogP contribution in [0.25, 0.3) is 10.4 Å². The van der Waals surface area contributed by atoms with E-state index in [1.54, 1.807) is 0 Å². The topological polar surface area (TPSA) is 87.5 Å². The number of alkyl halides is 1. The number of amides is 1. The predicted molar refractivity (Wildman–Crippen MR) is 66.9 cm³/mol. The molecule has 0 radical (unpaired) electrons. The lowest BCUT2D eigenvalue weighted by Gasteiger charge is -2.18. The quantitative estimate of drug-likeness (QED) is 0.279. The number of rotatable bonds is 4. The zero-order valence-corrected chi connectivity index (χ0v) is 10.6. The summed E-state index contributed by atoms with van der Waals surface area (Å²) < 4.78 is 13.2. The Bertz CT molecular complexity index is 507. The summed E-state index contributed by atoms with van der Waals surface area (Å²) in [5.74, 6) is 0. The van der Waals surface area contributed by atoms with Crippen molar-refractivity contribution in [1.29, 1.82) is 0 Å². The standard InChI is InChI=1S/C12H13FN4O3/c13-10-6-11(15-16-14)17(7-10)12(18)20-19-8-9-4-2-1-3-5-9/h1-5,10-11H,6-8H2/t10-,11-/m0/s1. The summed E-state index contributed by atoms with van der Waals surface area (Å²) in [5, 5.41) is 3.35. The molecule has 1 heterocycles. The highest BCUT2D eigenvalue weighted by atomic mass is 19.1. The average molecular weight is 280 g/mol. The minimum atomic E-state index is -1.23. The number of azide groups is 1. The fraction of sp³-hybridized carbons (Fsp3) is 0.417. The molecule has 20 heavy (non-hydrogen) atoms. The van der Waals surface area contributed by atoms with E-state index in [0.29, 0.717) is 0 Å². The van der Waals surface area contributed by atoms with E-state index >= 15 is 0 Å². The molecule has 7 nitrogen and oxygen atoms in total. The summed E-state index contributed by atoms with van der Waals surface area (Å²) in [4.78, 5) is 24.7. The maximum atomic E-state index is 13.2. The van der Waals surface area contributed by atoms with Crippen molar-refractivity contribution < 1.29 is 19.0 Å². The van der Waals surface area contributed by atoms with Crippen molar-refractivity contribution in [2.45, 2.75) is 25.4 Å². The molecule has 0 unspecified atom stereocenters. The number of likely N-dealkylation sites (tertiary alicyclic amines) is 1. The first kappa shape index (κ1) is 14.1. The lowest BCUT2D eigenvalue weighted by molar-refractivity contribution is -0.256. The number of carbonyl (C=O) groups is 1. The Labute approximate surface area is 114 Å². The first-order valence-corrected chi connectivity index (χ1v) is 6.03. The van der Waals surface area contributed by atoms with Gasteiger partial charge < -0.3 is 0 Å². The van der Waals surface area contributed by atoms with Crippen LogP contribution < -0.4 is 0 Å². The number of nitrogens with zero attached hydrogens (tertiary/aromatic N) is 4. The average Bonchev–Trinajstić information content (AvgIpc) is 2.81. The van der Waals surface area contributed by atoms with Crippen LogP contribution in [0.1, 0.15) is 12.0 Å². The zero-order valence-electron chi connectivity index (χ0n) is 10.6. The minimum absolute atomic E-state index is 0.0299. The lowest BCUT2D eigenvalue weighted by Crippen LogP contribution is -2.35. The minimum Gasteiger partial charge on any atom is -0.294 e. The molecule has 0 spiro atoms. The van der Waals surface area contributed by atoms with E-state index in [1.807, 2.05) is 30.3 Å². The normalized spacial score (nSPS) is 21.4. The monoisotopic (exact) mass is 280 g/mol. The van der Waals surface area contributed by atoms with Crippen molar-refractivity contribution >= 4 is 6.09 Å². The summed E-state index contributed by atoms with van der Waals surface area (Å²) in [6.07, 6.45) is -2.99. The second-order valence-electron chi connectivity index (χ2n) is 4.27. The molecule has 106 valence electrons. The molecule has 1 fully saturated rings. The molecular weight excluding hydrogens is 267 g/mol. The van der Waals surface area contributed by atoms with Gasteiger partial charge in [-0.1, -0.05) is 35.4 Å². The molecule has 1 saturated heterocycles. The van der Waals surface area contributed by atoms with Gasteiger partial charge in [-0.25, -0.2) is 9.18 Å². The molecule has 2 rings (SSSR count). The Morgan fingerprint density at radius 2 is 2.25 bits per heavy atom. The molecule has 0 N–H and O–H groups in total. The summed E-state index contributed by atoms with van der Waals surface area (Å²) in [7, 11) is 0. The number of halogens is 1. The Kier molecular flexibility index (Phi) is 4.75. The molecule has 1 aliphatic heterocycles. The van der Waals surface area contributed by atoms with Crippen LogP contribution in [0.2, 0.25) is 0 Å². The van der Waals surface area contributed by atoms with Crippen molar-refractivity contribution in [3.63, 3.8) is 0 Å². The van der Waals surface area contributed by atoms with Crippen LogP contribution in [0.15, 0.2) is 35.4 Å². The van der Waals surface area contributed by atoms with Crippen molar-refractivity contribution in [2.75, 3.05) is 6.54 Å². The van der Waals surface area contributed by atoms with Crippen LogP contribution in [-0.2, 0) is 16.4 Å². The molecule has 8 heteroatoms. The molecule has 0 aliphatic carbocycles. The molecule has 0 aromatic heterocycles. The van der Waals surface area contributed by atoms with Gasteiger partial charge in [0.1, 0.15) is 18.9 Å². The maximum Gasteiger partial charge on any atom is 0.441 e. The van der Waals surface area contributed by atoms with E-state index in [2.05, 4.69) is 14.9 Å². The summed E-state index contributed by atoms with van der Waals surface area (Å²) >= 11 is 0. The fourth-order valence-corrected chi connectivity index (χ4v) is 1.90. The highest BCUT2D eigenvalue weighted by molar-refractivity contribution is 5.67. The van der Waals surface area contributed by atoms with Crippen molar-refractivity contribution in [3.8, 4) is 0 Å². The third-order valence-corrected chi connectivity index (χ3v) is 2.84. The third-order valence-electron chi connectivity index (χ3n) is 2.84. The SMILES string of the molecule is [N-]=[N+]=N[C@@H]1C[C@H](F)CN1C(=O)OOCc1ccccc1. The van der Waals surface area contributed by atoms with Gasteiger partial charge in [0.05, 0.1) is 6.54 Å². The smallest absolute Gasteiger partial charge is 0.294 e. The first-order valence-electron chi connectivity index (χ1n) is 6.03. The van der Waals surface area contributed by atoms with Gasteiger partial charge in [-0.15, -0.1) is 0 Å². The second-order valence-corrected chi connectivity index (χ2v) is 4.27. The fourth-order valence-electron chi connectivity index (χ4n) is 1.90. The second kappa shape index (κ2) is 6.74. The first-order chi connectivity index (χ1) is 9.70. The third kappa shape index (κ3) is 3.59. The van der Waals surface area contributed by atoms with Crippen LogP contribution in [0.5, 0.6) is 0 Å². The molecule has 0 saturated carbocycles. The van der Waals surface area contributed by atoms with Gasteiger partial charge in [0.2, 0.25) is 0 Å². The van der Waals surface area contributed by atoms with Gasteiger partial charge in [0.15, 0.2) is 0 Å². The molecule has 0 bridgehead atoms. The Morgan fingerprint density at radius 3 is 2.95 bits per heavy atom. The number of hydrogen-bond acceptors (Lipinski definition) is 4. The van der Waals surface area contributed by atoms with Crippen LogP contribution in [0, 0.1) is 0 Å². The Hall–Kier alpha value is -2.31. The Balaban J connectivity index is 1.83. The van der Waals surface area contributed by atoms with Crippen LogP contribution in [0.3, 0.4) is 0 Å². The van der Waals surface area contributed by atoms with Gasteiger partial charge in [0.25, 0.3) is 0 Å². The largest absolute Gasteiger partial charge is 0.441 e. The highest BCUT2D eigenvalue weighted by Gasteiger charge is 2.36. The van der Waals surface area contributed by atoms with E-state index in [1.165, 1.54) is 0 Å². The van der Waals surface area contributed by atoms with Gasteiger partial charge in [0, 0.05) is 11.3 Å². The van der Waals surface area contributed by atoms with Gasteiger partial charge in [-0.05, 0) is 11.1 Å². The summed E-state index contributed by atoms with van der Waals surface area (Å²) in [6, 6.07) is 9.12. The summed E-state index contributed by atoms with van der Waals surface area (Å²) in [6.45, 7) is -0.0805.